The van der Waals surface area contributed by atoms with Crippen LogP contribution in [0.1, 0.15) is 33.0 Å². The van der Waals surface area contributed by atoms with E-state index >= 15 is 0 Å². The number of hydrogen-bond acceptors (Lipinski definition) is 6. The number of sulfonamides is 1. The number of furan rings is 1. The molecule has 3 aromatic carbocycles. The highest BCUT2D eigenvalue weighted by Gasteiger charge is 2.26. The number of halogens is 2. The first-order valence-corrected chi connectivity index (χ1v) is 13.9. The summed E-state index contributed by atoms with van der Waals surface area (Å²) in [4.78, 5) is 12.6. The Labute approximate surface area is 236 Å². The van der Waals surface area contributed by atoms with E-state index in [0.29, 0.717) is 27.3 Å². The van der Waals surface area contributed by atoms with E-state index in [4.69, 9.17) is 32.4 Å². The lowest BCUT2D eigenvalue weighted by atomic mass is 10.1. The third-order valence-corrected chi connectivity index (χ3v) is 8.00. The first kappa shape index (κ1) is 28.4. The Morgan fingerprint density at radius 1 is 0.974 bits per heavy atom. The maximum Gasteiger partial charge on any atom is 0.275 e. The van der Waals surface area contributed by atoms with Crippen molar-refractivity contribution in [1.29, 1.82) is 0 Å². The largest absolute Gasteiger partial charge is 0.496 e. The number of methoxy groups -OCH3 is 1. The Kier molecular flexibility index (Phi) is 9.08. The molecule has 1 amide bonds. The Morgan fingerprint density at radius 2 is 1.67 bits per heavy atom. The van der Waals surface area contributed by atoms with Gasteiger partial charge in [0.05, 0.1) is 30.3 Å². The van der Waals surface area contributed by atoms with Gasteiger partial charge in [-0.1, -0.05) is 53.0 Å². The lowest BCUT2D eigenvalue weighted by Crippen LogP contribution is -2.30. The molecule has 39 heavy (non-hydrogen) atoms. The third-order valence-electron chi connectivity index (χ3n) is 5.71. The number of nitrogens with one attached hydrogen (secondary N) is 1. The summed E-state index contributed by atoms with van der Waals surface area (Å²) in [5.41, 5.74) is 4.52. The summed E-state index contributed by atoms with van der Waals surface area (Å²) < 4.78 is 39.4. The second-order valence-corrected chi connectivity index (χ2v) is 11.4. The third kappa shape index (κ3) is 7.27. The van der Waals surface area contributed by atoms with Gasteiger partial charge in [-0.15, -0.1) is 0 Å². The molecule has 8 nitrogen and oxygen atoms in total. The van der Waals surface area contributed by atoms with Gasteiger partial charge in [-0.3, -0.25) is 4.79 Å². The SMILES string of the molecule is COc1ccc(Cl)cc1C(=O)N/N=C\c1ccc(CN(Cc2ccc(C)cc2)S(=O)(=O)c2ccc(Cl)cc2)o1. The van der Waals surface area contributed by atoms with Crippen LogP contribution in [0.2, 0.25) is 10.0 Å². The van der Waals surface area contributed by atoms with E-state index in [9.17, 15) is 13.2 Å². The molecule has 1 heterocycles. The summed E-state index contributed by atoms with van der Waals surface area (Å²) in [6.07, 6.45) is 1.32. The monoisotopic (exact) mass is 585 g/mol. The first-order valence-electron chi connectivity index (χ1n) is 11.7. The molecule has 0 fully saturated rings. The fraction of sp³-hybridized carbons (Fsp3) is 0.143. The molecule has 0 unspecified atom stereocenters. The fourth-order valence-electron chi connectivity index (χ4n) is 3.67. The molecule has 0 aliphatic carbocycles. The molecule has 4 rings (SSSR count). The zero-order valence-corrected chi connectivity index (χ0v) is 23.4. The number of carbonyl (C=O) groups is 1. The van der Waals surface area contributed by atoms with Crippen molar-refractivity contribution in [3.63, 3.8) is 0 Å². The number of hydrazone groups is 1. The number of hydrogen-bond donors (Lipinski definition) is 1. The smallest absolute Gasteiger partial charge is 0.275 e. The van der Waals surface area contributed by atoms with Gasteiger partial charge in [0, 0.05) is 16.6 Å². The Bertz CT molecular complexity index is 1580. The van der Waals surface area contributed by atoms with Gasteiger partial charge in [-0.05, 0) is 67.1 Å². The topological polar surface area (TPSA) is 101 Å². The van der Waals surface area contributed by atoms with Gasteiger partial charge in [0.2, 0.25) is 10.0 Å². The molecule has 0 saturated carbocycles. The molecular weight excluding hydrogens is 561 g/mol. The molecule has 0 spiro atoms. The highest BCUT2D eigenvalue weighted by Crippen LogP contribution is 2.24. The van der Waals surface area contributed by atoms with Gasteiger partial charge in [0.1, 0.15) is 17.3 Å². The van der Waals surface area contributed by atoms with Crippen molar-refractivity contribution < 1.29 is 22.4 Å². The zero-order valence-electron chi connectivity index (χ0n) is 21.1. The van der Waals surface area contributed by atoms with E-state index in [-0.39, 0.29) is 23.5 Å². The number of ether oxygens (including phenoxy) is 1. The summed E-state index contributed by atoms with van der Waals surface area (Å²) in [5.74, 6) is 0.546. The fourth-order valence-corrected chi connectivity index (χ4v) is 5.37. The number of rotatable bonds is 10. The van der Waals surface area contributed by atoms with Gasteiger partial charge in [0.25, 0.3) is 5.91 Å². The number of aryl methyl sites for hydroxylation is 1. The molecular formula is C28H25Cl2N3O5S. The van der Waals surface area contributed by atoms with Crippen molar-refractivity contribution in [2.24, 2.45) is 5.10 Å². The van der Waals surface area contributed by atoms with Crippen LogP contribution in [0.5, 0.6) is 5.75 Å². The van der Waals surface area contributed by atoms with Crippen LogP contribution in [-0.4, -0.2) is 32.0 Å². The summed E-state index contributed by atoms with van der Waals surface area (Å²) >= 11 is 11.9. The molecule has 0 atom stereocenters. The van der Waals surface area contributed by atoms with Crippen LogP contribution in [0, 0.1) is 6.92 Å². The normalized spacial score (nSPS) is 11.7. The highest BCUT2D eigenvalue weighted by atomic mass is 35.5. The van der Waals surface area contributed by atoms with Crippen molar-refractivity contribution in [2.45, 2.75) is 24.9 Å². The lowest BCUT2D eigenvalue weighted by Gasteiger charge is -2.21. The molecule has 0 bridgehead atoms. The van der Waals surface area contributed by atoms with Crippen molar-refractivity contribution in [3.05, 3.63) is 117 Å². The van der Waals surface area contributed by atoms with Gasteiger partial charge in [-0.2, -0.15) is 9.41 Å². The molecule has 1 aromatic heterocycles. The Balaban J connectivity index is 1.51. The van der Waals surface area contributed by atoms with E-state index in [2.05, 4.69) is 10.5 Å². The summed E-state index contributed by atoms with van der Waals surface area (Å²) in [6.45, 7) is 2.07. The average Bonchev–Trinajstić information content (AvgIpc) is 3.36. The van der Waals surface area contributed by atoms with Crippen LogP contribution in [0.3, 0.4) is 0 Å². The Morgan fingerprint density at radius 3 is 2.36 bits per heavy atom. The minimum atomic E-state index is -3.88. The van der Waals surface area contributed by atoms with Crippen LogP contribution >= 0.6 is 23.2 Å². The van der Waals surface area contributed by atoms with Crippen LogP contribution in [0.4, 0.5) is 0 Å². The van der Waals surface area contributed by atoms with E-state index in [1.165, 1.54) is 48.0 Å². The van der Waals surface area contributed by atoms with Crippen molar-refractivity contribution >= 4 is 45.3 Å². The van der Waals surface area contributed by atoms with E-state index in [0.717, 1.165) is 11.1 Å². The van der Waals surface area contributed by atoms with Crippen LogP contribution in [-0.2, 0) is 23.1 Å². The zero-order chi connectivity index (χ0) is 28.0. The maximum absolute atomic E-state index is 13.5. The van der Waals surface area contributed by atoms with E-state index in [1.54, 1.807) is 24.3 Å². The summed E-state index contributed by atoms with van der Waals surface area (Å²) in [5, 5.41) is 4.75. The van der Waals surface area contributed by atoms with Gasteiger partial charge in [0.15, 0.2) is 0 Å². The number of amides is 1. The van der Waals surface area contributed by atoms with Gasteiger partial charge in [-0.25, -0.2) is 13.8 Å². The maximum atomic E-state index is 13.5. The van der Waals surface area contributed by atoms with Crippen molar-refractivity contribution in [1.82, 2.24) is 9.73 Å². The molecule has 202 valence electrons. The second kappa shape index (κ2) is 12.5. The Hall–Kier alpha value is -3.63. The van der Waals surface area contributed by atoms with E-state index in [1.807, 2.05) is 31.2 Å². The minimum Gasteiger partial charge on any atom is -0.496 e. The molecule has 0 radical (unpaired) electrons. The van der Waals surface area contributed by atoms with Crippen molar-refractivity contribution in [2.75, 3.05) is 7.11 Å². The standard InChI is InChI=1S/C28H25Cl2N3O5S/c1-19-3-5-20(6-4-19)17-33(39(35,36)25-12-7-21(29)8-13-25)18-24-11-10-23(38-24)16-31-32-28(34)26-15-22(30)9-14-27(26)37-2/h3-16H,17-18H2,1-2H3,(H,32,34)/b31-16-. The predicted octanol–water partition coefficient (Wildman–Crippen LogP) is 6.06. The predicted molar refractivity (Wildman–Crippen MR) is 151 cm³/mol. The van der Waals surface area contributed by atoms with Crippen molar-refractivity contribution in [3.8, 4) is 5.75 Å². The first-order chi connectivity index (χ1) is 18.7. The van der Waals surface area contributed by atoms with Crippen LogP contribution < -0.4 is 10.2 Å². The molecule has 4 aromatic rings. The highest BCUT2D eigenvalue weighted by molar-refractivity contribution is 7.89. The molecule has 0 aliphatic heterocycles. The average molecular weight is 586 g/mol. The minimum absolute atomic E-state index is 0.0290. The second-order valence-electron chi connectivity index (χ2n) is 8.56. The van der Waals surface area contributed by atoms with Gasteiger partial charge >= 0.3 is 0 Å². The number of nitrogens with zero attached hydrogens (tertiary/aromatic N) is 2. The quantitative estimate of drug-likeness (QED) is 0.180. The summed E-state index contributed by atoms with van der Waals surface area (Å²) in [7, 11) is -2.44. The molecule has 0 aliphatic rings. The van der Waals surface area contributed by atoms with E-state index < -0.39 is 15.9 Å². The summed E-state index contributed by atoms with van der Waals surface area (Å²) in [6, 6.07) is 21.6. The number of carbonyl (C=O) groups excluding carboxylic acids is 1. The number of benzene rings is 3. The van der Waals surface area contributed by atoms with Gasteiger partial charge < -0.3 is 9.15 Å². The van der Waals surface area contributed by atoms with Crippen LogP contribution in [0.15, 0.2) is 93.3 Å². The molecule has 1 N–H and O–H groups in total. The molecule has 0 saturated heterocycles. The molecule has 11 heteroatoms. The lowest BCUT2D eigenvalue weighted by molar-refractivity contribution is 0.0952. The van der Waals surface area contributed by atoms with Crippen LogP contribution in [0.25, 0.3) is 0 Å².